The molecule has 3 heterocycles. The summed E-state index contributed by atoms with van der Waals surface area (Å²) in [5.74, 6) is 0. The highest BCUT2D eigenvalue weighted by Gasteiger charge is 2.27. The number of para-hydroxylation sites is 2. The van der Waals surface area contributed by atoms with Crippen molar-refractivity contribution in [2.75, 3.05) is 0 Å². The summed E-state index contributed by atoms with van der Waals surface area (Å²) in [6.07, 6.45) is 5.89. The minimum atomic E-state index is 1.03. The van der Waals surface area contributed by atoms with Crippen molar-refractivity contribution in [3.05, 3.63) is 84.4 Å². The topological polar surface area (TPSA) is 33.6 Å². The number of fused-ring (bicyclic) bond motifs is 7. The van der Waals surface area contributed by atoms with Crippen molar-refractivity contribution in [2.24, 2.45) is 0 Å². The Morgan fingerprint density at radius 2 is 1.65 bits per heavy atom. The zero-order valence-corrected chi connectivity index (χ0v) is 14.2. The second-order valence-electron chi connectivity index (χ2n) is 6.91. The van der Waals surface area contributed by atoms with Gasteiger partial charge >= 0.3 is 0 Å². The molecule has 0 amide bonds. The van der Waals surface area contributed by atoms with E-state index in [0.717, 1.165) is 18.4 Å². The first-order valence-corrected chi connectivity index (χ1v) is 9.04. The number of benzene rings is 2. The van der Waals surface area contributed by atoms with E-state index in [1.807, 2.05) is 12.4 Å². The molecule has 3 heteroatoms. The van der Waals surface area contributed by atoms with Crippen molar-refractivity contribution in [1.29, 1.82) is 0 Å². The number of nitrogens with zero attached hydrogens (tertiary/aromatic N) is 2. The Morgan fingerprint density at radius 1 is 0.808 bits per heavy atom. The van der Waals surface area contributed by atoms with Crippen LogP contribution in [0.2, 0.25) is 0 Å². The molecule has 0 unspecified atom stereocenters. The average molecular weight is 335 g/mol. The molecule has 0 saturated heterocycles. The van der Waals surface area contributed by atoms with Crippen LogP contribution in [0.5, 0.6) is 0 Å². The zero-order valence-electron chi connectivity index (χ0n) is 14.2. The van der Waals surface area contributed by atoms with Crippen LogP contribution in [0.3, 0.4) is 0 Å². The standard InChI is InChI=1S/C23H17N3/c1-2-6-15(7-3-1)26-20-9-5-4-8-17(20)23-21(26)11-10-18-22(23)16-12-13-24-14-19(16)25-18/h1-9,12-14,25H,10-11H2. The van der Waals surface area contributed by atoms with Gasteiger partial charge in [-0.15, -0.1) is 0 Å². The maximum Gasteiger partial charge on any atom is 0.0649 e. The second kappa shape index (κ2) is 5.09. The van der Waals surface area contributed by atoms with E-state index in [0.29, 0.717) is 0 Å². The molecular formula is C23H17N3. The maximum atomic E-state index is 4.29. The molecule has 0 atom stereocenters. The SMILES string of the molecule is c1ccc(-n2c3c(c4ccccc42)-c2c([nH]c4cnccc24)CC3)cc1. The summed E-state index contributed by atoms with van der Waals surface area (Å²) in [5, 5.41) is 2.59. The molecule has 3 aromatic heterocycles. The first-order valence-electron chi connectivity index (χ1n) is 9.04. The van der Waals surface area contributed by atoms with E-state index in [2.05, 4.69) is 75.2 Å². The lowest BCUT2D eigenvalue weighted by atomic mass is 9.91. The summed E-state index contributed by atoms with van der Waals surface area (Å²) in [5.41, 5.74) is 9.11. The lowest BCUT2D eigenvalue weighted by Crippen LogP contribution is -2.07. The number of aryl methyl sites for hydroxylation is 1. The fourth-order valence-corrected chi connectivity index (χ4v) is 4.50. The van der Waals surface area contributed by atoms with Crippen molar-refractivity contribution in [3.63, 3.8) is 0 Å². The first-order chi connectivity index (χ1) is 12.9. The van der Waals surface area contributed by atoms with Crippen LogP contribution >= 0.6 is 0 Å². The predicted molar refractivity (Wildman–Crippen MR) is 106 cm³/mol. The van der Waals surface area contributed by atoms with Crippen LogP contribution < -0.4 is 0 Å². The van der Waals surface area contributed by atoms with Crippen LogP contribution in [-0.4, -0.2) is 14.5 Å². The smallest absolute Gasteiger partial charge is 0.0649 e. The van der Waals surface area contributed by atoms with Gasteiger partial charge in [0, 0.05) is 45.2 Å². The number of pyridine rings is 1. The second-order valence-corrected chi connectivity index (χ2v) is 6.91. The number of nitrogens with one attached hydrogen (secondary N) is 1. The van der Waals surface area contributed by atoms with Crippen LogP contribution in [0.4, 0.5) is 0 Å². The number of H-pyrrole nitrogens is 1. The highest BCUT2D eigenvalue weighted by molar-refractivity contribution is 6.08. The Balaban J connectivity index is 1.79. The summed E-state index contributed by atoms with van der Waals surface area (Å²) in [6.45, 7) is 0. The van der Waals surface area contributed by atoms with Crippen LogP contribution in [-0.2, 0) is 12.8 Å². The van der Waals surface area contributed by atoms with E-state index in [-0.39, 0.29) is 0 Å². The van der Waals surface area contributed by atoms with E-state index in [9.17, 15) is 0 Å². The van der Waals surface area contributed by atoms with Gasteiger partial charge in [-0.25, -0.2) is 0 Å². The van der Waals surface area contributed by atoms with E-state index in [1.54, 1.807) is 0 Å². The molecule has 3 nitrogen and oxygen atoms in total. The van der Waals surface area contributed by atoms with Crippen LogP contribution in [0, 0.1) is 0 Å². The molecule has 0 fully saturated rings. The molecular weight excluding hydrogens is 318 g/mol. The normalized spacial score (nSPS) is 13.1. The molecule has 1 N–H and O–H groups in total. The Kier molecular flexibility index (Phi) is 2.72. The summed E-state index contributed by atoms with van der Waals surface area (Å²) in [6, 6.07) is 21.6. The Morgan fingerprint density at radius 3 is 2.58 bits per heavy atom. The van der Waals surface area contributed by atoms with Crippen LogP contribution in [0.15, 0.2) is 73.1 Å². The van der Waals surface area contributed by atoms with Crippen molar-refractivity contribution in [3.8, 4) is 16.8 Å². The minimum absolute atomic E-state index is 1.03. The molecule has 0 aliphatic heterocycles. The van der Waals surface area contributed by atoms with Crippen molar-refractivity contribution < 1.29 is 0 Å². The maximum absolute atomic E-state index is 4.29. The summed E-state index contributed by atoms with van der Waals surface area (Å²) in [7, 11) is 0. The molecule has 0 radical (unpaired) electrons. The predicted octanol–water partition coefficient (Wildman–Crippen LogP) is 5.27. The molecule has 1 aliphatic carbocycles. The molecule has 124 valence electrons. The van der Waals surface area contributed by atoms with E-state index < -0.39 is 0 Å². The van der Waals surface area contributed by atoms with Crippen molar-refractivity contribution in [2.45, 2.75) is 12.8 Å². The molecule has 1 aliphatic rings. The van der Waals surface area contributed by atoms with Gasteiger partial charge in [0.05, 0.1) is 17.2 Å². The number of aromatic nitrogens is 3. The number of rotatable bonds is 1. The van der Waals surface area contributed by atoms with E-state index in [4.69, 9.17) is 0 Å². The minimum Gasteiger partial charge on any atom is -0.357 e. The Bertz CT molecular complexity index is 1280. The van der Waals surface area contributed by atoms with E-state index in [1.165, 1.54) is 44.5 Å². The third-order valence-corrected chi connectivity index (χ3v) is 5.53. The first kappa shape index (κ1) is 13.9. The average Bonchev–Trinajstić information content (AvgIpc) is 3.24. The molecule has 5 aromatic rings. The Hall–Kier alpha value is -3.33. The third kappa shape index (κ3) is 1.75. The zero-order chi connectivity index (χ0) is 17.1. The monoisotopic (exact) mass is 335 g/mol. The van der Waals surface area contributed by atoms with Crippen molar-refractivity contribution >= 4 is 21.8 Å². The molecule has 26 heavy (non-hydrogen) atoms. The summed E-state index contributed by atoms with van der Waals surface area (Å²) < 4.78 is 2.44. The van der Waals surface area contributed by atoms with E-state index >= 15 is 0 Å². The van der Waals surface area contributed by atoms with Gasteiger partial charge in [-0.05, 0) is 37.1 Å². The lowest BCUT2D eigenvalue weighted by Gasteiger charge is -2.17. The fourth-order valence-electron chi connectivity index (χ4n) is 4.50. The number of aromatic amines is 1. The van der Waals surface area contributed by atoms with Gasteiger partial charge in [0.2, 0.25) is 0 Å². The Labute approximate surface area is 150 Å². The van der Waals surface area contributed by atoms with Gasteiger partial charge in [-0.3, -0.25) is 4.98 Å². The molecule has 0 saturated carbocycles. The lowest BCUT2D eigenvalue weighted by molar-refractivity contribution is 0.850. The summed E-state index contributed by atoms with van der Waals surface area (Å²) >= 11 is 0. The number of hydrogen-bond acceptors (Lipinski definition) is 1. The quantitative estimate of drug-likeness (QED) is 0.445. The van der Waals surface area contributed by atoms with Gasteiger partial charge in [-0.1, -0.05) is 36.4 Å². The number of hydrogen-bond donors (Lipinski definition) is 1. The largest absolute Gasteiger partial charge is 0.357 e. The third-order valence-electron chi connectivity index (χ3n) is 5.53. The van der Waals surface area contributed by atoms with Crippen LogP contribution in [0.1, 0.15) is 11.4 Å². The van der Waals surface area contributed by atoms with Gasteiger partial charge < -0.3 is 9.55 Å². The highest BCUT2D eigenvalue weighted by Crippen LogP contribution is 2.45. The fraction of sp³-hybridized carbons (Fsp3) is 0.0870. The molecule has 0 bridgehead atoms. The molecule has 6 rings (SSSR count). The van der Waals surface area contributed by atoms with Crippen LogP contribution in [0.25, 0.3) is 38.6 Å². The molecule has 0 spiro atoms. The van der Waals surface area contributed by atoms with Crippen molar-refractivity contribution in [1.82, 2.24) is 14.5 Å². The van der Waals surface area contributed by atoms with Gasteiger partial charge in [0.1, 0.15) is 0 Å². The van der Waals surface area contributed by atoms with Gasteiger partial charge in [-0.2, -0.15) is 0 Å². The van der Waals surface area contributed by atoms with Gasteiger partial charge in [0.15, 0.2) is 0 Å². The highest BCUT2D eigenvalue weighted by atomic mass is 15.0. The summed E-state index contributed by atoms with van der Waals surface area (Å²) in [4.78, 5) is 7.89. The molecule has 2 aromatic carbocycles. The van der Waals surface area contributed by atoms with Gasteiger partial charge in [0.25, 0.3) is 0 Å².